The van der Waals surface area contributed by atoms with Gasteiger partial charge in [0.25, 0.3) is 0 Å². The van der Waals surface area contributed by atoms with Crippen LogP contribution in [0.3, 0.4) is 0 Å². The Labute approximate surface area is 355 Å². The Morgan fingerprint density at radius 2 is 0.707 bits per heavy atom. The Balaban J connectivity index is 2.54. The second-order valence-corrected chi connectivity index (χ2v) is 17.0. The smallest absolute Gasteiger partial charge is 0.330 e. The number of unbranched alkanes of at least 4 members (excludes halogenated alkanes) is 20. The van der Waals surface area contributed by atoms with E-state index in [1.54, 1.807) is 0 Å². The molecule has 1 aliphatic carbocycles. The van der Waals surface area contributed by atoms with Gasteiger partial charge in [-0.25, -0.2) is 9.59 Å². The first-order valence-corrected chi connectivity index (χ1v) is 24.3. The minimum absolute atomic E-state index is 0.0732. The third kappa shape index (κ3) is 29.6. The lowest BCUT2D eigenvalue weighted by Gasteiger charge is -2.44. The van der Waals surface area contributed by atoms with Crippen LogP contribution < -0.4 is 0 Å². The maximum Gasteiger partial charge on any atom is 0.330 e. The molecule has 4 unspecified atom stereocenters. The van der Waals surface area contributed by atoms with E-state index in [1.165, 1.54) is 167 Å². The van der Waals surface area contributed by atoms with Gasteiger partial charge in [-0.1, -0.05) is 181 Å². The first kappa shape index (κ1) is 53.4. The predicted octanol–water partition coefficient (Wildman–Crippen LogP) is 13.5. The van der Waals surface area contributed by atoms with E-state index in [-0.39, 0.29) is 38.4 Å². The first-order valence-electron chi connectivity index (χ1n) is 24.3. The van der Waals surface area contributed by atoms with Gasteiger partial charge in [0.05, 0.1) is 0 Å². The number of hydrogen-bond donors (Lipinski definition) is 0. The summed E-state index contributed by atoms with van der Waals surface area (Å²) in [6.07, 6.45) is 42.0. The molecule has 0 heterocycles. The van der Waals surface area contributed by atoms with Crippen LogP contribution in [0.25, 0.3) is 0 Å². The van der Waals surface area contributed by atoms with Crippen molar-refractivity contribution in [2.24, 2.45) is 23.7 Å². The van der Waals surface area contributed by atoms with Gasteiger partial charge in [0.2, 0.25) is 0 Å². The fourth-order valence-electron chi connectivity index (χ4n) is 9.12. The van der Waals surface area contributed by atoms with Crippen molar-refractivity contribution in [2.75, 3.05) is 26.4 Å². The highest BCUT2D eigenvalue weighted by atomic mass is 16.6. The molecule has 336 valence electrons. The van der Waals surface area contributed by atoms with E-state index in [0.29, 0.717) is 12.8 Å². The number of carbonyl (C=O) groups excluding carboxylic acids is 4. The van der Waals surface area contributed by atoms with Crippen molar-refractivity contribution >= 4 is 23.9 Å². The highest BCUT2D eigenvalue weighted by molar-refractivity contribution is 5.81. The van der Waals surface area contributed by atoms with E-state index in [9.17, 15) is 19.2 Å². The van der Waals surface area contributed by atoms with E-state index in [4.69, 9.17) is 18.9 Å². The summed E-state index contributed by atoms with van der Waals surface area (Å²) in [6.45, 7) is 11.7. The van der Waals surface area contributed by atoms with Gasteiger partial charge in [0.1, 0.15) is 26.4 Å². The van der Waals surface area contributed by atoms with E-state index >= 15 is 0 Å². The van der Waals surface area contributed by atoms with Crippen LogP contribution in [0.4, 0.5) is 0 Å². The van der Waals surface area contributed by atoms with Gasteiger partial charge in [-0.15, -0.1) is 0 Å². The molecule has 4 atom stereocenters. The molecule has 1 fully saturated rings. The number of carbonyl (C=O) groups is 4. The molecule has 1 aliphatic rings. The van der Waals surface area contributed by atoms with Gasteiger partial charge in [-0.05, 0) is 62.2 Å². The van der Waals surface area contributed by atoms with Gasteiger partial charge >= 0.3 is 23.9 Å². The Morgan fingerprint density at radius 3 is 1.07 bits per heavy atom. The van der Waals surface area contributed by atoms with Crippen LogP contribution in [0.1, 0.15) is 219 Å². The summed E-state index contributed by atoms with van der Waals surface area (Å²) in [6, 6.07) is 0. The molecule has 0 N–H and O–H groups in total. The van der Waals surface area contributed by atoms with Crippen LogP contribution in [0.5, 0.6) is 0 Å². The Bertz CT molecular complexity index is 1060. The second kappa shape index (κ2) is 38.6. The molecular formula is C50H88O8. The monoisotopic (exact) mass is 817 g/mol. The van der Waals surface area contributed by atoms with Crippen LogP contribution in [-0.4, -0.2) is 50.3 Å². The highest BCUT2D eigenvalue weighted by Crippen LogP contribution is 2.48. The van der Waals surface area contributed by atoms with E-state index in [2.05, 4.69) is 27.0 Å². The summed E-state index contributed by atoms with van der Waals surface area (Å²) in [5.74, 6) is 2.18. The van der Waals surface area contributed by atoms with Crippen LogP contribution in [-0.2, 0) is 38.1 Å². The quantitative estimate of drug-likeness (QED) is 0.0260. The normalized spacial score (nSPS) is 17.7. The number of hydrogen-bond acceptors (Lipinski definition) is 8. The number of esters is 4. The van der Waals surface area contributed by atoms with Crippen LogP contribution in [0.2, 0.25) is 0 Å². The molecule has 0 aliphatic heterocycles. The van der Waals surface area contributed by atoms with Crippen LogP contribution >= 0.6 is 0 Å². The Kier molecular flexibility index (Phi) is 35.5. The van der Waals surface area contributed by atoms with E-state index < -0.39 is 11.9 Å². The van der Waals surface area contributed by atoms with Crippen LogP contribution in [0, 0.1) is 23.7 Å². The molecule has 8 nitrogen and oxygen atoms in total. The van der Waals surface area contributed by atoms with E-state index in [1.807, 2.05) is 0 Å². The van der Waals surface area contributed by atoms with Crippen molar-refractivity contribution in [1.29, 1.82) is 0 Å². The third-order valence-electron chi connectivity index (χ3n) is 12.4. The standard InChI is InChI=1S/C50H88O8/c1-5-9-11-13-21-27-33-45-43(31-25-12-10-6-2)37-38-44(32-26-20-16-14-18-23-29-35-49(53)57-41-39-55-47(51)7-3)46(45)34-28-22-17-15-19-24-30-36-50(54)58-42-40-56-48(52)8-4/h7-8,43-46H,3-6,9-42H2,1-2H3. The van der Waals surface area contributed by atoms with Crippen molar-refractivity contribution < 1.29 is 38.1 Å². The van der Waals surface area contributed by atoms with Crippen molar-refractivity contribution in [3.63, 3.8) is 0 Å². The molecule has 0 aromatic rings. The highest BCUT2D eigenvalue weighted by Gasteiger charge is 2.37. The van der Waals surface area contributed by atoms with Crippen molar-refractivity contribution in [3.05, 3.63) is 25.3 Å². The maximum atomic E-state index is 12.0. The van der Waals surface area contributed by atoms with Gasteiger partial charge < -0.3 is 18.9 Å². The topological polar surface area (TPSA) is 105 Å². The summed E-state index contributed by atoms with van der Waals surface area (Å²) < 4.78 is 20.0. The SMILES string of the molecule is C=CC(=O)OCCOC(=O)CCCCCCCCCC1CCC(CCCCCC)C(CCCCCCCC)C1CCCCCCCCCC(=O)OCCOC(=O)C=C. The molecule has 8 heteroatoms. The Morgan fingerprint density at radius 1 is 0.414 bits per heavy atom. The molecule has 0 radical (unpaired) electrons. The number of ether oxygens (including phenoxy) is 4. The molecule has 0 spiro atoms. The van der Waals surface area contributed by atoms with E-state index in [0.717, 1.165) is 61.5 Å². The van der Waals surface area contributed by atoms with Crippen LogP contribution in [0.15, 0.2) is 25.3 Å². The average molecular weight is 817 g/mol. The zero-order valence-electron chi connectivity index (χ0n) is 37.6. The molecule has 0 aromatic carbocycles. The summed E-state index contributed by atoms with van der Waals surface area (Å²) >= 11 is 0. The van der Waals surface area contributed by atoms with Crippen molar-refractivity contribution in [3.8, 4) is 0 Å². The Hall–Kier alpha value is -2.64. The summed E-state index contributed by atoms with van der Waals surface area (Å²) in [4.78, 5) is 46.1. The summed E-state index contributed by atoms with van der Waals surface area (Å²) in [5.41, 5.74) is 0. The molecule has 1 rings (SSSR count). The lowest BCUT2D eigenvalue weighted by atomic mass is 9.61. The average Bonchev–Trinajstić information content (AvgIpc) is 3.23. The maximum absolute atomic E-state index is 12.0. The third-order valence-corrected chi connectivity index (χ3v) is 12.4. The van der Waals surface area contributed by atoms with Crippen molar-refractivity contribution in [1.82, 2.24) is 0 Å². The van der Waals surface area contributed by atoms with Gasteiger partial charge in [-0.2, -0.15) is 0 Å². The minimum Gasteiger partial charge on any atom is -0.462 e. The fraction of sp³-hybridized carbons (Fsp3) is 0.840. The minimum atomic E-state index is -0.500. The molecule has 0 bridgehead atoms. The summed E-state index contributed by atoms with van der Waals surface area (Å²) in [5, 5.41) is 0. The van der Waals surface area contributed by atoms with Gasteiger partial charge in [-0.3, -0.25) is 9.59 Å². The fourth-order valence-corrected chi connectivity index (χ4v) is 9.12. The van der Waals surface area contributed by atoms with Crippen molar-refractivity contribution in [2.45, 2.75) is 219 Å². The zero-order chi connectivity index (χ0) is 42.3. The molecule has 1 saturated carbocycles. The lowest BCUT2D eigenvalue weighted by Crippen LogP contribution is -2.35. The molecule has 0 aromatic heterocycles. The van der Waals surface area contributed by atoms with Gasteiger partial charge in [0, 0.05) is 25.0 Å². The summed E-state index contributed by atoms with van der Waals surface area (Å²) in [7, 11) is 0. The lowest BCUT2D eigenvalue weighted by molar-refractivity contribution is -0.149. The molecule has 0 amide bonds. The largest absolute Gasteiger partial charge is 0.462 e. The molecule has 0 saturated heterocycles. The predicted molar refractivity (Wildman–Crippen MR) is 237 cm³/mol. The number of rotatable bonds is 40. The second-order valence-electron chi connectivity index (χ2n) is 17.0. The zero-order valence-corrected chi connectivity index (χ0v) is 37.6. The molecular weight excluding hydrogens is 729 g/mol. The first-order chi connectivity index (χ1) is 28.4. The van der Waals surface area contributed by atoms with Gasteiger partial charge in [0.15, 0.2) is 0 Å². The molecule has 58 heavy (non-hydrogen) atoms.